The summed E-state index contributed by atoms with van der Waals surface area (Å²) in [6.45, 7) is 1.82. The number of anilines is 1. The minimum Gasteiger partial charge on any atom is -0.464 e. The van der Waals surface area contributed by atoms with E-state index in [1.54, 1.807) is 0 Å². The van der Waals surface area contributed by atoms with Crippen LogP contribution >= 0.6 is 11.3 Å². The normalized spacial score (nSPS) is 19.5. The number of amides is 2. The fourth-order valence-electron chi connectivity index (χ4n) is 2.40. The van der Waals surface area contributed by atoms with E-state index in [-0.39, 0.29) is 27.4 Å². The van der Waals surface area contributed by atoms with Gasteiger partial charge in [0.15, 0.2) is 16.9 Å². The Morgan fingerprint density at radius 3 is 2.69 bits per heavy atom. The number of aromatic nitrogens is 1. The Morgan fingerprint density at radius 1 is 1.48 bits per heavy atom. The highest BCUT2D eigenvalue weighted by Gasteiger charge is 2.58. The quantitative estimate of drug-likeness (QED) is 0.104. The number of ether oxygens (including phenoxy) is 1. The largest absolute Gasteiger partial charge is 0.464 e. The number of esters is 1. The molecule has 2 atom stereocenters. The van der Waals surface area contributed by atoms with Crippen LogP contribution in [0.2, 0.25) is 0 Å². The molecular formula is C14H19N5O8S2. The highest BCUT2D eigenvalue weighted by Crippen LogP contribution is 2.25. The number of nitrogen functional groups attached to an aromatic ring is 1. The Kier molecular flexibility index (Phi) is 7.10. The van der Waals surface area contributed by atoms with Gasteiger partial charge in [0.1, 0.15) is 18.8 Å². The average Bonchev–Trinajstić information content (AvgIpc) is 3.06. The molecule has 1 aliphatic heterocycles. The van der Waals surface area contributed by atoms with Crippen molar-refractivity contribution in [3.8, 4) is 0 Å². The number of rotatable bonds is 9. The first-order valence-corrected chi connectivity index (χ1v) is 10.5. The van der Waals surface area contributed by atoms with E-state index in [4.69, 9.17) is 10.5 Å². The van der Waals surface area contributed by atoms with Gasteiger partial charge < -0.3 is 20.6 Å². The number of thiazole rings is 1. The first kappa shape index (κ1) is 22.5. The van der Waals surface area contributed by atoms with Crippen LogP contribution in [0.1, 0.15) is 25.5 Å². The maximum absolute atomic E-state index is 12.5. The van der Waals surface area contributed by atoms with Crippen LogP contribution in [0.25, 0.3) is 0 Å². The lowest BCUT2D eigenvalue weighted by Gasteiger charge is -2.42. The van der Waals surface area contributed by atoms with Gasteiger partial charge in [-0.15, -0.1) is 11.3 Å². The van der Waals surface area contributed by atoms with Gasteiger partial charge >= 0.3 is 16.3 Å². The second-order valence-electron chi connectivity index (χ2n) is 5.72. The molecule has 1 fully saturated rings. The molecule has 0 aromatic carbocycles. The summed E-state index contributed by atoms with van der Waals surface area (Å²) in [6, 6.07) is -3.36. The Bertz CT molecular complexity index is 928. The van der Waals surface area contributed by atoms with Crippen molar-refractivity contribution >= 4 is 50.3 Å². The number of nitrogens with two attached hydrogens (primary N) is 1. The Balaban J connectivity index is 2.23. The lowest BCUT2D eigenvalue weighted by Crippen LogP contribution is -2.75. The summed E-state index contributed by atoms with van der Waals surface area (Å²) in [5.41, 5.74) is 5.22. The molecule has 1 aliphatic rings. The Hall–Kier alpha value is -2.78. The van der Waals surface area contributed by atoms with Crippen LogP contribution in [-0.2, 0) is 34.3 Å². The smallest absolute Gasteiger partial charge is 0.363 e. The Morgan fingerprint density at radius 2 is 2.17 bits per heavy atom. The minimum atomic E-state index is -5.04. The van der Waals surface area contributed by atoms with Gasteiger partial charge in [-0.3, -0.25) is 14.1 Å². The molecule has 2 rings (SSSR count). The molecule has 1 aromatic heterocycles. The number of carbonyl (C=O) groups excluding carboxylic acids is 3. The van der Waals surface area contributed by atoms with Crippen molar-refractivity contribution in [2.75, 3.05) is 19.5 Å². The molecule has 0 radical (unpaired) electrons. The van der Waals surface area contributed by atoms with Crippen LogP contribution < -0.4 is 11.1 Å². The van der Waals surface area contributed by atoms with Crippen LogP contribution in [0, 0.1) is 0 Å². The molecule has 1 saturated heterocycles. The zero-order valence-electron chi connectivity index (χ0n) is 15.4. The van der Waals surface area contributed by atoms with Gasteiger partial charge in [0, 0.05) is 5.38 Å². The summed E-state index contributed by atoms with van der Waals surface area (Å²) >= 11 is 1.02. The van der Waals surface area contributed by atoms with Crippen LogP contribution in [0.4, 0.5) is 5.13 Å². The summed E-state index contributed by atoms with van der Waals surface area (Å²) in [5.74, 6) is -3.28. The molecule has 0 saturated carbocycles. The van der Waals surface area contributed by atoms with Gasteiger partial charge in [0.25, 0.3) is 11.8 Å². The highest BCUT2D eigenvalue weighted by atomic mass is 32.2. The summed E-state index contributed by atoms with van der Waals surface area (Å²) in [4.78, 5) is 45.4. The highest BCUT2D eigenvalue weighted by molar-refractivity contribution is 7.84. The average molecular weight is 449 g/mol. The second-order valence-corrected chi connectivity index (χ2v) is 7.90. The number of carbonyl (C=O) groups is 3. The molecule has 0 spiro atoms. The first-order chi connectivity index (χ1) is 13.6. The van der Waals surface area contributed by atoms with E-state index in [0.29, 0.717) is 12.8 Å². The SMILES string of the molecule is CCCCOC(=O)[C@@H]1[C@H](NC(=O)C(=NOC)c2csc(N)n2)C(=O)N1S(=O)(=O)O. The molecule has 2 amide bonds. The van der Waals surface area contributed by atoms with E-state index in [1.807, 2.05) is 6.92 Å². The maximum atomic E-state index is 12.5. The van der Waals surface area contributed by atoms with E-state index in [2.05, 4.69) is 20.3 Å². The molecule has 0 bridgehead atoms. The van der Waals surface area contributed by atoms with Crippen molar-refractivity contribution in [2.45, 2.75) is 31.8 Å². The third-order valence-corrected chi connectivity index (χ3v) is 5.31. The van der Waals surface area contributed by atoms with Gasteiger partial charge in [-0.25, -0.2) is 9.78 Å². The summed E-state index contributed by atoms with van der Waals surface area (Å²) in [7, 11) is -3.87. The number of nitrogens with zero attached hydrogens (tertiary/aromatic N) is 3. The number of hydrogen-bond acceptors (Lipinski definition) is 11. The molecular weight excluding hydrogens is 430 g/mol. The number of hydrogen-bond donors (Lipinski definition) is 3. The van der Waals surface area contributed by atoms with Crippen molar-refractivity contribution in [3.05, 3.63) is 11.1 Å². The van der Waals surface area contributed by atoms with E-state index in [0.717, 1.165) is 11.3 Å². The minimum absolute atomic E-state index is 0.0194. The molecule has 2 heterocycles. The molecule has 0 unspecified atom stereocenters. The third-order valence-electron chi connectivity index (χ3n) is 3.73. The van der Waals surface area contributed by atoms with Gasteiger partial charge in [-0.05, 0) is 6.42 Å². The van der Waals surface area contributed by atoms with Crippen molar-refractivity contribution in [2.24, 2.45) is 5.16 Å². The summed E-state index contributed by atoms with van der Waals surface area (Å²) in [6.07, 6.45) is 1.21. The third kappa shape index (κ3) is 4.99. The molecule has 0 aliphatic carbocycles. The van der Waals surface area contributed by atoms with Crippen molar-refractivity contribution in [1.29, 1.82) is 0 Å². The van der Waals surface area contributed by atoms with Gasteiger partial charge in [0.05, 0.1) is 6.61 Å². The Labute approximate surface area is 169 Å². The molecule has 1 aromatic rings. The van der Waals surface area contributed by atoms with Gasteiger partial charge in [-0.2, -0.15) is 12.7 Å². The maximum Gasteiger partial charge on any atom is 0.363 e. The zero-order chi connectivity index (χ0) is 21.8. The number of oxime groups is 1. The molecule has 13 nitrogen and oxygen atoms in total. The summed E-state index contributed by atoms with van der Waals surface area (Å²) < 4.78 is 37.0. The van der Waals surface area contributed by atoms with Gasteiger partial charge in [-0.1, -0.05) is 18.5 Å². The predicted octanol–water partition coefficient (Wildman–Crippen LogP) is -1.08. The molecule has 29 heavy (non-hydrogen) atoms. The van der Waals surface area contributed by atoms with Crippen molar-refractivity contribution in [1.82, 2.24) is 14.6 Å². The van der Waals surface area contributed by atoms with E-state index >= 15 is 0 Å². The monoisotopic (exact) mass is 449 g/mol. The predicted molar refractivity (Wildman–Crippen MR) is 100 cm³/mol. The molecule has 15 heteroatoms. The van der Waals surface area contributed by atoms with Crippen LogP contribution in [0.15, 0.2) is 10.5 Å². The van der Waals surface area contributed by atoms with Gasteiger partial charge in [0.2, 0.25) is 0 Å². The lowest BCUT2D eigenvalue weighted by atomic mass is 9.98. The summed E-state index contributed by atoms with van der Waals surface area (Å²) in [5, 5.41) is 7.27. The molecule has 4 N–H and O–H groups in total. The van der Waals surface area contributed by atoms with Crippen LogP contribution in [0.3, 0.4) is 0 Å². The standard InChI is InChI=1S/C14H19N5O8S2/c1-3-4-5-27-13(22)10-9(12(21)19(10)29(23,24)25)17-11(20)8(18-26-2)7-6-28-14(15)16-7/h6,9-10H,3-5H2,1-2H3,(H2,15,16)(H,17,20)(H,23,24,25)/t9-,10-/m0/s1. The van der Waals surface area contributed by atoms with Crippen molar-refractivity contribution < 1.29 is 36.9 Å². The fourth-order valence-corrected chi connectivity index (χ4v) is 3.78. The van der Waals surface area contributed by atoms with E-state index in [9.17, 15) is 27.4 Å². The van der Waals surface area contributed by atoms with E-state index in [1.165, 1.54) is 12.5 Å². The fraction of sp³-hybridized carbons (Fsp3) is 0.500. The number of nitrogens with one attached hydrogen (secondary N) is 1. The first-order valence-electron chi connectivity index (χ1n) is 8.22. The van der Waals surface area contributed by atoms with E-state index < -0.39 is 40.2 Å². The lowest BCUT2D eigenvalue weighted by molar-refractivity contribution is -0.164. The number of unbranched alkanes of at least 4 members (excludes halogenated alkanes) is 1. The second kappa shape index (κ2) is 9.15. The number of β-lactam (4-membered cyclic amide) rings is 1. The van der Waals surface area contributed by atoms with Crippen LogP contribution in [0.5, 0.6) is 0 Å². The zero-order valence-corrected chi connectivity index (χ0v) is 17.0. The topological polar surface area (TPSA) is 191 Å². The van der Waals surface area contributed by atoms with Crippen molar-refractivity contribution in [3.63, 3.8) is 0 Å². The molecule has 160 valence electrons. The van der Waals surface area contributed by atoms with Crippen LogP contribution in [-0.4, -0.2) is 71.6 Å².